The maximum atomic E-state index is 5.66. The zero-order chi connectivity index (χ0) is 11.0. The van der Waals surface area contributed by atoms with E-state index in [1.165, 1.54) is 0 Å². The van der Waals surface area contributed by atoms with E-state index in [4.69, 9.17) is 4.42 Å². The second-order valence-corrected chi connectivity index (χ2v) is 4.11. The lowest BCUT2D eigenvalue weighted by atomic mass is 10.2. The van der Waals surface area contributed by atoms with Gasteiger partial charge in [-0.25, -0.2) is 9.97 Å². The molecule has 0 radical (unpaired) electrons. The second kappa shape index (κ2) is 3.72. The Kier molecular flexibility index (Phi) is 2.22. The number of aromatic nitrogens is 2. The van der Waals surface area contributed by atoms with Crippen LogP contribution in [0.25, 0.3) is 22.6 Å². The van der Waals surface area contributed by atoms with Crippen LogP contribution < -0.4 is 0 Å². The molecule has 3 nitrogen and oxygen atoms in total. The molecule has 0 amide bonds. The van der Waals surface area contributed by atoms with E-state index in [0.29, 0.717) is 5.71 Å². The van der Waals surface area contributed by atoms with Crippen LogP contribution in [0.3, 0.4) is 0 Å². The number of halogens is 1. The van der Waals surface area contributed by atoms with Crippen LogP contribution in [0.5, 0.6) is 0 Å². The summed E-state index contributed by atoms with van der Waals surface area (Å²) in [4.78, 5) is 8.35. The summed E-state index contributed by atoms with van der Waals surface area (Å²) in [5.74, 6) is 0.766. The smallest absolute Gasteiger partial charge is 0.246 e. The quantitative estimate of drug-likeness (QED) is 0.680. The van der Waals surface area contributed by atoms with Gasteiger partial charge in [0, 0.05) is 18.0 Å². The molecule has 0 unspecified atom stereocenters. The maximum Gasteiger partial charge on any atom is 0.246 e. The molecular weight excluding hydrogens is 268 g/mol. The number of hydrogen-bond acceptors (Lipinski definition) is 3. The van der Waals surface area contributed by atoms with Crippen LogP contribution in [0, 0.1) is 0 Å². The van der Waals surface area contributed by atoms with Crippen LogP contribution in [-0.2, 0) is 0 Å². The Morgan fingerprint density at radius 1 is 1.00 bits per heavy atom. The standard InChI is InChI=1S/C12H7BrN2O/c13-9-10-12(15-7-6-14-10)16-11(9)8-4-2-1-3-5-8/h1-7H. The first-order valence-corrected chi connectivity index (χ1v) is 5.60. The molecule has 0 saturated carbocycles. The van der Waals surface area contributed by atoms with Crippen molar-refractivity contribution in [1.82, 2.24) is 9.97 Å². The SMILES string of the molecule is Brc1c(-c2ccccc2)oc2nccnc12. The molecule has 1 aromatic carbocycles. The molecule has 3 rings (SSSR count). The summed E-state index contributed by atoms with van der Waals surface area (Å²) in [6, 6.07) is 9.88. The highest BCUT2D eigenvalue weighted by Gasteiger charge is 2.14. The zero-order valence-electron chi connectivity index (χ0n) is 8.22. The minimum atomic E-state index is 0.549. The van der Waals surface area contributed by atoms with Crippen LogP contribution in [-0.4, -0.2) is 9.97 Å². The molecule has 2 heterocycles. The second-order valence-electron chi connectivity index (χ2n) is 3.32. The van der Waals surface area contributed by atoms with Gasteiger partial charge in [0.1, 0.15) is 5.52 Å². The summed E-state index contributed by atoms with van der Waals surface area (Å²) in [7, 11) is 0. The number of hydrogen-bond donors (Lipinski definition) is 0. The molecule has 0 atom stereocenters. The van der Waals surface area contributed by atoms with Gasteiger partial charge in [0.25, 0.3) is 0 Å². The molecule has 0 N–H and O–H groups in total. The number of rotatable bonds is 1. The van der Waals surface area contributed by atoms with Gasteiger partial charge in [-0.3, -0.25) is 0 Å². The van der Waals surface area contributed by atoms with E-state index in [2.05, 4.69) is 25.9 Å². The van der Waals surface area contributed by atoms with Gasteiger partial charge in [-0.2, -0.15) is 0 Å². The Morgan fingerprint density at radius 3 is 2.50 bits per heavy atom. The van der Waals surface area contributed by atoms with Crippen molar-refractivity contribution < 1.29 is 4.42 Å². The van der Waals surface area contributed by atoms with Gasteiger partial charge < -0.3 is 4.42 Å². The third-order valence-corrected chi connectivity index (χ3v) is 3.04. The van der Waals surface area contributed by atoms with Crippen molar-refractivity contribution in [2.24, 2.45) is 0 Å². The van der Waals surface area contributed by atoms with Crippen molar-refractivity contribution in [3.05, 3.63) is 47.2 Å². The van der Waals surface area contributed by atoms with Crippen LogP contribution in [0.1, 0.15) is 0 Å². The van der Waals surface area contributed by atoms with Gasteiger partial charge in [-0.1, -0.05) is 30.3 Å². The van der Waals surface area contributed by atoms with Crippen molar-refractivity contribution in [2.75, 3.05) is 0 Å². The van der Waals surface area contributed by atoms with Crippen molar-refractivity contribution in [3.8, 4) is 11.3 Å². The highest BCUT2D eigenvalue weighted by molar-refractivity contribution is 9.10. The molecule has 0 bridgehead atoms. The minimum Gasteiger partial charge on any atom is -0.435 e. The summed E-state index contributed by atoms with van der Waals surface area (Å²) in [6.07, 6.45) is 3.27. The molecule has 2 aromatic heterocycles. The summed E-state index contributed by atoms with van der Waals surface area (Å²) in [5.41, 5.74) is 2.31. The van der Waals surface area contributed by atoms with Gasteiger partial charge in [-0.15, -0.1) is 0 Å². The fourth-order valence-electron chi connectivity index (χ4n) is 1.57. The predicted molar refractivity (Wildman–Crippen MR) is 64.9 cm³/mol. The van der Waals surface area contributed by atoms with Crippen LogP contribution in [0.15, 0.2) is 51.6 Å². The lowest BCUT2D eigenvalue weighted by Crippen LogP contribution is -1.75. The average molecular weight is 275 g/mol. The summed E-state index contributed by atoms with van der Waals surface area (Å²) < 4.78 is 6.51. The number of fused-ring (bicyclic) bond motifs is 1. The van der Waals surface area contributed by atoms with Crippen LogP contribution >= 0.6 is 15.9 Å². The van der Waals surface area contributed by atoms with Gasteiger partial charge in [0.2, 0.25) is 5.71 Å². The van der Waals surface area contributed by atoms with Crippen molar-refractivity contribution in [2.45, 2.75) is 0 Å². The molecule has 0 aliphatic rings. The molecular formula is C12H7BrN2O. The van der Waals surface area contributed by atoms with Crippen molar-refractivity contribution in [3.63, 3.8) is 0 Å². The van der Waals surface area contributed by atoms with Crippen molar-refractivity contribution >= 4 is 27.2 Å². The molecule has 3 aromatic rings. The predicted octanol–water partition coefficient (Wildman–Crippen LogP) is 3.65. The van der Waals surface area contributed by atoms with Gasteiger partial charge in [0.15, 0.2) is 5.76 Å². The first-order chi connectivity index (χ1) is 7.86. The molecule has 0 fully saturated rings. The van der Waals surface area contributed by atoms with E-state index in [9.17, 15) is 0 Å². The topological polar surface area (TPSA) is 38.9 Å². The highest BCUT2D eigenvalue weighted by atomic mass is 79.9. The van der Waals surface area contributed by atoms with Gasteiger partial charge >= 0.3 is 0 Å². The molecule has 0 aliphatic carbocycles. The monoisotopic (exact) mass is 274 g/mol. The van der Waals surface area contributed by atoms with Gasteiger partial charge in [0.05, 0.1) is 4.47 Å². The first kappa shape index (κ1) is 9.54. The number of furan rings is 1. The van der Waals surface area contributed by atoms with Gasteiger partial charge in [-0.05, 0) is 15.9 Å². The number of benzene rings is 1. The zero-order valence-corrected chi connectivity index (χ0v) is 9.81. The molecule has 4 heteroatoms. The summed E-state index contributed by atoms with van der Waals surface area (Å²) >= 11 is 3.49. The average Bonchev–Trinajstić information content (AvgIpc) is 2.69. The Morgan fingerprint density at radius 2 is 1.75 bits per heavy atom. The summed E-state index contributed by atoms with van der Waals surface area (Å²) in [5, 5.41) is 0. The fraction of sp³-hybridized carbons (Fsp3) is 0. The lowest BCUT2D eigenvalue weighted by molar-refractivity contribution is 0.616. The molecule has 0 spiro atoms. The molecule has 16 heavy (non-hydrogen) atoms. The van der Waals surface area contributed by atoms with Crippen LogP contribution in [0.4, 0.5) is 0 Å². The van der Waals surface area contributed by atoms with E-state index < -0.39 is 0 Å². The van der Waals surface area contributed by atoms with Crippen LogP contribution in [0.2, 0.25) is 0 Å². The third-order valence-electron chi connectivity index (χ3n) is 2.31. The van der Waals surface area contributed by atoms with Crippen molar-refractivity contribution in [1.29, 1.82) is 0 Å². The lowest BCUT2D eigenvalue weighted by Gasteiger charge is -1.95. The van der Waals surface area contributed by atoms with E-state index in [-0.39, 0.29) is 0 Å². The summed E-state index contributed by atoms with van der Waals surface area (Å²) in [6.45, 7) is 0. The normalized spacial score (nSPS) is 10.8. The third kappa shape index (κ3) is 1.42. The Labute approximate surface area is 100 Å². The Balaban J connectivity index is 2.29. The highest BCUT2D eigenvalue weighted by Crippen LogP contribution is 2.35. The first-order valence-electron chi connectivity index (χ1n) is 4.80. The maximum absolute atomic E-state index is 5.66. The Hall–Kier alpha value is -1.68. The molecule has 0 aliphatic heterocycles. The Bertz CT molecular complexity index is 634. The largest absolute Gasteiger partial charge is 0.435 e. The fourth-order valence-corrected chi connectivity index (χ4v) is 2.16. The van der Waals surface area contributed by atoms with E-state index in [1.807, 2.05) is 30.3 Å². The van der Waals surface area contributed by atoms with E-state index in [1.54, 1.807) is 12.4 Å². The van der Waals surface area contributed by atoms with E-state index in [0.717, 1.165) is 21.3 Å². The molecule has 0 saturated heterocycles. The van der Waals surface area contributed by atoms with E-state index >= 15 is 0 Å². The minimum absolute atomic E-state index is 0.549. The molecule has 78 valence electrons. The number of nitrogens with zero attached hydrogens (tertiary/aromatic N) is 2.